The third-order valence-corrected chi connectivity index (χ3v) is 3.75. The Morgan fingerprint density at radius 1 is 1.08 bits per heavy atom. The maximum atomic E-state index is 11.9. The summed E-state index contributed by atoms with van der Waals surface area (Å²) in [4.78, 5) is 15.5. The standard InChI is InChI=1S/C19H19N3O3/c1-12(18(23)22-19(20)21)10-13-4-2-3-5-15(13)14-6-7-16-17(11-14)25-9-8-24-16/h2-7,10-11H,8-9H2,1H3,(H4,20,21,22,23). The highest BCUT2D eigenvalue weighted by Gasteiger charge is 2.14. The molecule has 4 N–H and O–H groups in total. The number of carbonyl (C=O) groups excluding carboxylic acids is 1. The van der Waals surface area contributed by atoms with E-state index < -0.39 is 5.91 Å². The first-order valence-electron chi connectivity index (χ1n) is 7.86. The number of rotatable bonds is 3. The van der Waals surface area contributed by atoms with Crippen LogP contribution in [0.3, 0.4) is 0 Å². The molecule has 1 aliphatic rings. The smallest absolute Gasteiger partial charge is 0.275 e. The first-order valence-corrected chi connectivity index (χ1v) is 7.86. The molecule has 0 saturated heterocycles. The van der Waals surface area contributed by atoms with E-state index in [0.717, 1.165) is 28.2 Å². The topological polar surface area (TPSA) is 99.9 Å². The van der Waals surface area contributed by atoms with Gasteiger partial charge < -0.3 is 20.9 Å². The van der Waals surface area contributed by atoms with Crippen molar-refractivity contribution in [3.8, 4) is 22.6 Å². The summed E-state index contributed by atoms with van der Waals surface area (Å²) in [6, 6.07) is 13.6. The molecule has 1 heterocycles. The van der Waals surface area contributed by atoms with Crippen molar-refractivity contribution in [3.63, 3.8) is 0 Å². The molecule has 0 saturated carbocycles. The maximum Gasteiger partial charge on any atom is 0.275 e. The van der Waals surface area contributed by atoms with Gasteiger partial charge in [-0.1, -0.05) is 30.3 Å². The van der Waals surface area contributed by atoms with Crippen LogP contribution in [0, 0.1) is 0 Å². The van der Waals surface area contributed by atoms with Gasteiger partial charge in [-0.05, 0) is 41.8 Å². The van der Waals surface area contributed by atoms with E-state index in [9.17, 15) is 4.79 Å². The molecule has 2 aromatic rings. The van der Waals surface area contributed by atoms with Crippen LogP contribution in [0.4, 0.5) is 0 Å². The summed E-state index contributed by atoms with van der Waals surface area (Å²) in [6.45, 7) is 2.76. The van der Waals surface area contributed by atoms with Crippen LogP contribution in [-0.2, 0) is 4.79 Å². The highest BCUT2D eigenvalue weighted by atomic mass is 16.6. The number of nitrogens with zero attached hydrogens (tertiary/aromatic N) is 1. The molecule has 0 aromatic heterocycles. The minimum atomic E-state index is -0.461. The van der Waals surface area contributed by atoms with Crippen molar-refractivity contribution < 1.29 is 14.3 Å². The first-order chi connectivity index (χ1) is 12.0. The van der Waals surface area contributed by atoms with Gasteiger partial charge in [0.05, 0.1) is 0 Å². The highest BCUT2D eigenvalue weighted by molar-refractivity contribution is 6.04. The molecule has 0 aliphatic carbocycles. The molecule has 1 amide bonds. The SMILES string of the molecule is CC(=Cc1ccccc1-c1ccc2c(c1)OCCO2)C(=O)N=C(N)N. The van der Waals surface area contributed by atoms with Gasteiger partial charge in [-0.25, -0.2) is 0 Å². The number of amides is 1. The second kappa shape index (κ2) is 7.09. The van der Waals surface area contributed by atoms with Gasteiger partial charge >= 0.3 is 0 Å². The average Bonchev–Trinajstić information content (AvgIpc) is 2.61. The van der Waals surface area contributed by atoms with Gasteiger partial charge in [0.25, 0.3) is 5.91 Å². The number of aliphatic imine (C=N–C) groups is 1. The quantitative estimate of drug-likeness (QED) is 0.509. The number of ether oxygens (including phenoxy) is 2. The van der Waals surface area contributed by atoms with Gasteiger partial charge in [-0.3, -0.25) is 4.79 Å². The average molecular weight is 337 g/mol. The molecule has 25 heavy (non-hydrogen) atoms. The maximum absolute atomic E-state index is 11.9. The fourth-order valence-corrected chi connectivity index (χ4v) is 2.60. The highest BCUT2D eigenvalue weighted by Crippen LogP contribution is 2.36. The summed E-state index contributed by atoms with van der Waals surface area (Å²) in [5.74, 6) is 0.743. The van der Waals surface area contributed by atoms with Crippen molar-refractivity contribution in [1.82, 2.24) is 0 Å². The Bertz CT molecular complexity index is 868. The molecule has 0 unspecified atom stereocenters. The molecule has 128 valence electrons. The summed E-state index contributed by atoms with van der Waals surface area (Å²) in [6.07, 6.45) is 1.76. The van der Waals surface area contributed by atoms with E-state index in [-0.39, 0.29) is 5.96 Å². The molecule has 0 radical (unpaired) electrons. The van der Waals surface area contributed by atoms with Crippen molar-refractivity contribution in [3.05, 3.63) is 53.6 Å². The minimum Gasteiger partial charge on any atom is -0.486 e. The number of carbonyl (C=O) groups is 1. The van der Waals surface area contributed by atoms with Crippen LogP contribution in [0.1, 0.15) is 12.5 Å². The van der Waals surface area contributed by atoms with E-state index in [1.54, 1.807) is 13.0 Å². The number of hydrogen-bond acceptors (Lipinski definition) is 3. The lowest BCUT2D eigenvalue weighted by atomic mass is 9.97. The van der Waals surface area contributed by atoms with E-state index in [1.165, 1.54) is 0 Å². The van der Waals surface area contributed by atoms with Crippen LogP contribution in [0.25, 0.3) is 17.2 Å². The van der Waals surface area contributed by atoms with E-state index >= 15 is 0 Å². The predicted molar refractivity (Wildman–Crippen MR) is 97.3 cm³/mol. The molecular weight excluding hydrogens is 318 g/mol. The van der Waals surface area contributed by atoms with E-state index in [4.69, 9.17) is 20.9 Å². The molecule has 0 bridgehead atoms. The third kappa shape index (κ3) is 3.80. The lowest BCUT2D eigenvalue weighted by Crippen LogP contribution is -2.24. The van der Waals surface area contributed by atoms with Gasteiger partial charge in [0.2, 0.25) is 0 Å². The fraction of sp³-hybridized carbons (Fsp3) is 0.158. The number of nitrogens with two attached hydrogens (primary N) is 2. The summed E-state index contributed by atoms with van der Waals surface area (Å²) in [7, 11) is 0. The van der Waals surface area contributed by atoms with Crippen LogP contribution in [-0.4, -0.2) is 25.1 Å². The van der Waals surface area contributed by atoms with Crippen molar-refractivity contribution in [2.24, 2.45) is 16.5 Å². The van der Waals surface area contributed by atoms with Crippen molar-refractivity contribution in [2.75, 3.05) is 13.2 Å². The number of guanidine groups is 1. The second-order valence-electron chi connectivity index (χ2n) is 5.61. The van der Waals surface area contributed by atoms with Gasteiger partial charge in [0, 0.05) is 5.57 Å². The van der Waals surface area contributed by atoms with Gasteiger partial charge in [0.15, 0.2) is 17.5 Å². The Balaban J connectivity index is 1.99. The van der Waals surface area contributed by atoms with Crippen LogP contribution in [0.15, 0.2) is 53.0 Å². The Hall–Kier alpha value is -3.28. The van der Waals surface area contributed by atoms with E-state index in [1.807, 2.05) is 42.5 Å². The molecule has 0 atom stereocenters. The van der Waals surface area contributed by atoms with Gasteiger partial charge in [0.1, 0.15) is 13.2 Å². The zero-order valence-electron chi connectivity index (χ0n) is 13.9. The molecule has 0 fully saturated rings. The molecular formula is C19H19N3O3. The summed E-state index contributed by atoms with van der Waals surface area (Å²) in [5, 5.41) is 0. The van der Waals surface area contributed by atoms with E-state index in [2.05, 4.69) is 4.99 Å². The lowest BCUT2D eigenvalue weighted by Gasteiger charge is -2.19. The number of fused-ring (bicyclic) bond motifs is 1. The Kier molecular flexibility index (Phi) is 4.70. The molecule has 1 aliphatic heterocycles. The number of hydrogen-bond donors (Lipinski definition) is 2. The number of benzene rings is 2. The first kappa shape index (κ1) is 16.6. The monoisotopic (exact) mass is 337 g/mol. The summed E-state index contributed by atoms with van der Waals surface area (Å²) < 4.78 is 11.2. The lowest BCUT2D eigenvalue weighted by molar-refractivity contribution is -0.114. The zero-order valence-corrected chi connectivity index (χ0v) is 13.9. The normalized spacial score (nSPS) is 13.2. The zero-order chi connectivity index (χ0) is 17.8. The van der Waals surface area contributed by atoms with Gasteiger partial charge in [-0.2, -0.15) is 4.99 Å². The second-order valence-corrected chi connectivity index (χ2v) is 5.61. The van der Waals surface area contributed by atoms with Crippen LogP contribution >= 0.6 is 0 Å². The van der Waals surface area contributed by atoms with E-state index in [0.29, 0.717) is 18.8 Å². The summed E-state index contributed by atoms with van der Waals surface area (Å²) >= 11 is 0. The predicted octanol–water partition coefficient (Wildman–Crippen LogP) is 2.33. The van der Waals surface area contributed by atoms with Crippen molar-refractivity contribution >= 4 is 17.9 Å². The Labute approximate surface area is 145 Å². The molecule has 3 rings (SSSR count). The van der Waals surface area contributed by atoms with Crippen LogP contribution in [0.5, 0.6) is 11.5 Å². The van der Waals surface area contributed by atoms with Crippen molar-refractivity contribution in [1.29, 1.82) is 0 Å². The fourth-order valence-electron chi connectivity index (χ4n) is 2.60. The largest absolute Gasteiger partial charge is 0.486 e. The summed E-state index contributed by atoms with van der Waals surface area (Å²) in [5.41, 5.74) is 13.8. The van der Waals surface area contributed by atoms with Crippen LogP contribution in [0.2, 0.25) is 0 Å². The minimum absolute atomic E-state index is 0.252. The third-order valence-electron chi connectivity index (χ3n) is 3.75. The Morgan fingerprint density at radius 2 is 1.80 bits per heavy atom. The molecule has 2 aromatic carbocycles. The van der Waals surface area contributed by atoms with Crippen LogP contribution < -0.4 is 20.9 Å². The Morgan fingerprint density at radius 3 is 2.56 bits per heavy atom. The molecule has 6 nitrogen and oxygen atoms in total. The molecule has 0 spiro atoms. The van der Waals surface area contributed by atoms with Crippen molar-refractivity contribution in [2.45, 2.75) is 6.92 Å². The molecule has 6 heteroatoms. The van der Waals surface area contributed by atoms with Gasteiger partial charge in [-0.15, -0.1) is 0 Å².